The number of aromatic nitrogens is 1. The van der Waals surface area contributed by atoms with Crippen LogP contribution in [0.1, 0.15) is 31.2 Å². The smallest absolute Gasteiger partial charge is 0.263 e. The van der Waals surface area contributed by atoms with Crippen molar-refractivity contribution in [2.24, 2.45) is 0 Å². The van der Waals surface area contributed by atoms with Gasteiger partial charge in [-0.05, 0) is 24.6 Å². The lowest BCUT2D eigenvalue weighted by Gasteiger charge is -2.10. The minimum Gasteiger partial charge on any atom is -0.344 e. The molecule has 4 rings (SSSR count). The second-order valence-electron chi connectivity index (χ2n) is 7.46. The molecule has 32 heavy (non-hydrogen) atoms. The number of carbonyl (C=O) groups is 2. The summed E-state index contributed by atoms with van der Waals surface area (Å²) in [4.78, 5) is 32.5. The first-order valence-electron chi connectivity index (χ1n) is 9.92. The third-order valence-electron chi connectivity index (χ3n) is 5.12. The average Bonchev–Trinajstić information content (AvgIpc) is 3.12. The van der Waals surface area contributed by atoms with Gasteiger partial charge in [-0.25, -0.2) is 4.98 Å². The van der Waals surface area contributed by atoms with Crippen molar-refractivity contribution in [2.75, 3.05) is 19.4 Å². The Morgan fingerprint density at radius 1 is 1.06 bits per heavy atom. The molecule has 0 saturated carbocycles. The number of hydrogen-bond acceptors (Lipinski definition) is 5. The van der Waals surface area contributed by atoms with Gasteiger partial charge in [0.25, 0.3) is 11.8 Å². The van der Waals surface area contributed by atoms with E-state index in [2.05, 4.69) is 11.4 Å². The summed E-state index contributed by atoms with van der Waals surface area (Å²) >= 11 is 1.11. The van der Waals surface area contributed by atoms with E-state index in [0.29, 0.717) is 43.2 Å². The highest BCUT2D eigenvalue weighted by Gasteiger charge is 2.23. The third-order valence-corrected chi connectivity index (χ3v) is 6.31. The van der Waals surface area contributed by atoms with Crippen LogP contribution in [-0.4, -0.2) is 35.8 Å². The number of nitrogens with one attached hydrogen (secondary N) is 1. The third kappa shape index (κ3) is 3.84. The molecule has 2 heterocycles. The van der Waals surface area contributed by atoms with Gasteiger partial charge in [0.2, 0.25) is 0 Å². The van der Waals surface area contributed by atoms with Crippen LogP contribution in [0, 0.1) is 18.3 Å². The maximum Gasteiger partial charge on any atom is 0.263 e. The van der Waals surface area contributed by atoms with Gasteiger partial charge < -0.3 is 10.2 Å². The SMILES string of the molecule is Cc1c(C(=O)N(C)C)sc(NC(=O)c2cc(-c3ccccc3)nc3ccccc23)c1C#N. The summed E-state index contributed by atoms with van der Waals surface area (Å²) in [6.07, 6.45) is 0. The Labute approximate surface area is 189 Å². The van der Waals surface area contributed by atoms with Gasteiger partial charge in [0, 0.05) is 25.0 Å². The van der Waals surface area contributed by atoms with Crippen molar-refractivity contribution in [3.05, 3.63) is 82.2 Å². The Balaban J connectivity index is 1.79. The summed E-state index contributed by atoms with van der Waals surface area (Å²) in [5, 5.41) is 13.6. The van der Waals surface area contributed by atoms with Crippen LogP contribution >= 0.6 is 11.3 Å². The van der Waals surface area contributed by atoms with Gasteiger partial charge in [-0.1, -0.05) is 48.5 Å². The fourth-order valence-corrected chi connectivity index (χ4v) is 4.61. The summed E-state index contributed by atoms with van der Waals surface area (Å²) in [5.41, 5.74) is 3.60. The molecule has 2 aromatic heterocycles. The van der Waals surface area contributed by atoms with Crippen molar-refractivity contribution in [2.45, 2.75) is 6.92 Å². The van der Waals surface area contributed by atoms with Gasteiger partial charge in [0.05, 0.1) is 27.2 Å². The molecular weight excluding hydrogens is 420 g/mol. The highest BCUT2D eigenvalue weighted by molar-refractivity contribution is 7.18. The van der Waals surface area contributed by atoms with Gasteiger partial charge in [-0.2, -0.15) is 5.26 Å². The molecule has 0 aliphatic heterocycles. The van der Waals surface area contributed by atoms with Crippen molar-refractivity contribution in [1.29, 1.82) is 5.26 Å². The zero-order chi connectivity index (χ0) is 22.8. The number of fused-ring (bicyclic) bond motifs is 1. The van der Waals surface area contributed by atoms with E-state index in [-0.39, 0.29) is 11.8 Å². The predicted molar refractivity (Wildman–Crippen MR) is 127 cm³/mol. The van der Waals surface area contributed by atoms with E-state index < -0.39 is 0 Å². The average molecular weight is 441 g/mol. The second kappa shape index (κ2) is 8.61. The summed E-state index contributed by atoms with van der Waals surface area (Å²) in [6, 6.07) is 21.0. The van der Waals surface area contributed by atoms with Gasteiger partial charge in [0.15, 0.2) is 0 Å². The van der Waals surface area contributed by atoms with Crippen LogP contribution < -0.4 is 5.32 Å². The molecule has 0 saturated heterocycles. The summed E-state index contributed by atoms with van der Waals surface area (Å²) < 4.78 is 0. The summed E-state index contributed by atoms with van der Waals surface area (Å²) in [7, 11) is 3.31. The fraction of sp³-hybridized carbons (Fsp3) is 0.120. The normalized spacial score (nSPS) is 10.6. The highest BCUT2D eigenvalue weighted by Crippen LogP contribution is 2.34. The molecule has 0 unspecified atom stereocenters. The lowest BCUT2D eigenvalue weighted by Crippen LogP contribution is -2.21. The minimum atomic E-state index is -0.359. The molecule has 0 atom stereocenters. The maximum absolute atomic E-state index is 13.4. The molecule has 7 heteroatoms. The topological polar surface area (TPSA) is 86.1 Å². The molecule has 1 N–H and O–H groups in total. The van der Waals surface area contributed by atoms with E-state index in [9.17, 15) is 14.9 Å². The van der Waals surface area contributed by atoms with E-state index in [1.165, 1.54) is 4.90 Å². The van der Waals surface area contributed by atoms with Crippen molar-refractivity contribution in [3.8, 4) is 17.3 Å². The Morgan fingerprint density at radius 3 is 2.44 bits per heavy atom. The van der Waals surface area contributed by atoms with E-state index in [4.69, 9.17) is 4.98 Å². The molecule has 0 aliphatic carbocycles. The monoisotopic (exact) mass is 440 g/mol. The van der Waals surface area contributed by atoms with Gasteiger partial charge in [-0.15, -0.1) is 11.3 Å². The standard InChI is InChI=1S/C25H20N4O2S/c1-15-19(14-26)24(32-22(15)25(31)29(2)3)28-23(30)18-13-21(16-9-5-4-6-10-16)27-20-12-8-7-11-17(18)20/h4-13H,1-3H3,(H,28,30). The van der Waals surface area contributed by atoms with Crippen LogP contribution in [0.5, 0.6) is 0 Å². The van der Waals surface area contributed by atoms with Crippen LogP contribution in [0.15, 0.2) is 60.7 Å². The molecule has 2 amide bonds. The zero-order valence-corrected chi connectivity index (χ0v) is 18.7. The van der Waals surface area contributed by atoms with E-state index in [1.54, 1.807) is 27.1 Å². The fourth-order valence-electron chi connectivity index (χ4n) is 3.43. The summed E-state index contributed by atoms with van der Waals surface area (Å²) in [5.74, 6) is -0.562. The number of benzene rings is 2. The Hall–Kier alpha value is -4.02. The van der Waals surface area contributed by atoms with E-state index >= 15 is 0 Å². The number of rotatable bonds is 4. The number of hydrogen-bond donors (Lipinski definition) is 1. The first-order valence-corrected chi connectivity index (χ1v) is 10.7. The quantitative estimate of drug-likeness (QED) is 0.478. The molecular formula is C25H20N4O2S. The van der Waals surface area contributed by atoms with Gasteiger partial charge in [-0.3, -0.25) is 9.59 Å². The van der Waals surface area contributed by atoms with Crippen LogP contribution in [0.2, 0.25) is 0 Å². The first-order chi connectivity index (χ1) is 15.4. The zero-order valence-electron chi connectivity index (χ0n) is 17.8. The van der Waals surface area contributed by atoms with Crippen LogP contribution in [0.3, 0.4) is 0 Å². The summed E-state index contributed by atoms with van der Waals surface area (Å²) in [6.45, 7) is 1.72. The molecule has 0 spiro atoms. The number of thiophene rings is 1. The van der Waals surface area contributed by atoms with Gasteiger partial charge in [0.1, 0.15) is 11.1 Å². The number of amides is 2. The number of pyridine rings is 1. The first kappa shape index (κ1) is 21.2. The predicted octanol–water partition coefficient (Wildman–Crippen LogP) is 5.10. The molecule has 0 radical (unpaired) electrons. The van der Waals surface area contributed by atoms with Crippen molar-refractivity contribution in [1.82, 2.24) is 9.88 Å². The van der Waals surface area contributed by atoms with Crippen LogP contribution in [0.25, 0.3) is 22.2 Å². The second-order valence-corrected chi connectivity index (χ2v) is 8.48. The number of para-hydroxylation sites is 1. The van der Waals surface area contributed by atoms with E-state index in [1.807, 2.05) is 54.6 Å². The van der Waals surface area contributed by atoms with Crippen molar-refractivity contribution < 1.29 is 9.59 Å². The van der Waals surface area contributed by atoms with Crippen LogP contribution in [-0.2, 0) is 0 Å². The molecule has 4 aromatic rings. The number of carbonyl (C=O) groups excluding carboxylic acids is 2. The van der Waals surface area contributed by atoms with Crippen molar-refractivity contribution >= 4 is 39.1 Å². The molecule has 6 nitrogen and oxygen atoms in total. The number of nitrogens with zero attached hydrogens (tertiary/aromatic N) is 3. The number of anilines is 1. The Kier molecular flexibility index (Phi) is 5.71. The van der Waals surface area contributed by atoms with Crippen molar-refractivity contribution in [3.63, 3.8) is 0 Å². The lowest BCUT2D eigenvalue weighted by atomic mass is 10.0. The Bertz CT molecular complexity index is 1380. The van der Waals surface area contributed by atoms with E-state index in [0.717, 1.165) is 16.9 Å². The molecule has 2 aromatic carbocycles. The largest absolute Gasteiger partial charge is 0.344 e. The molecule has 0 bridgehead atoms. The minimum absolute atomic E-state index is 0.203. The highest BCUT2D eigenvalue weighted by atomic mass is 32.1. The number of nitriles is 1. The molecule has 0 fully saturated rings. The molecule has 158 valence electrons. The maximum atomic E-state index is 13.4. The van der Waals surface area contributed by atoms with Crippen LogP contribution in [0.4, 0.5) is 5.00 Å². The lowest BCUT2D eigenvalue weighted by molar-refractivity contribution is 0.0831. The van der Waals surface area contributed by atoms with Gasteiger partial charge >= 0.3 is 0 Å². The molecule has 0 aliphatic rings. The Morgan fingerprint density at radius 2 is 1.75 bits per heavy atom.